The smallest absolute Gasteiger partial charge is 0.170 e. The molecule has 3 aliphatic rings. The predicted octanol–water partition coefficient (Wildman–Crippen LogP) is 6.66. The van der Waals surface area contributed by atoms with Gasteiger partial charge in [-0.05, 0) is 41.5 Å². The zero-order valence-electron chi connectivity index (χ0n) is 24.4. The van der Waals surface area contributed by atoms with E-state index in [1.54, 1.807) is 0 Å². The predicted molar refractivity (Wildman–Crippen MR) is 177 cm³/mol. The Hall–Kier alpha value is -5.45. The molecule has 45 heavy (non-hydrogen) atoms. The van der Waals surface area contributed by atoms with Crippen LogP contribution in [0.2, 0.25) is 0 Å². The Bertz CT molecular complexity index is 2220. The number of ether oxygens (including phenoxy) is 1. The molecule has 4 atom stereocenters. The van der Waals surface area contributed by atoms with Crippen LogP contribution in [-0.2, 0) is 0 Å². The molecule has 6 nitrogen and oxygen atoms in total. The summed E-state index contributed by atoms with van der Waals surface area (Å²) < 4.78 is 9.04. The number of hydrogen-bond acceptors (Lipinski definition) is 4. The number of nitrogens with zero attached hydrogens (tertiary/aromatic N) is 2. The van der Waals surface area contributed by atoms with Gasteiger partial charge in [0.05, 0.1) is 22.7 Å². The molecule has 6 heteroatoms. The molecular formula is C39H30N5O+. The molecule has 4 N–H and O–H groups in total. The third-order valence-corrected chi connectivity index (χ3v) is 9.30. The fraction of sp³-hybridized carbons (Fsp3) is 0.103. The Morgan fingerprint density at radius 2 is 1.49 bits per heavy atom. The van der Waals surface area contributed by atoms with Gasteiger partial charge in [-0.15, -0.1) is 0 Å². The highest BCUT2D eigenvalue weighted by Crippen LogP contribution is 2.47. The summed E-state index contributed by atoms with van der Waals surface area (Å²) in [7, 11) is 0. The number of allylic oxidation sites excluding steroid dienone is 2. The van der Waals surface area contributed by atoms with Crippen molar-refractivity contribution in [2.24, 2.45) is 0 Å². The van der Waals surface area contributed by atoms with Crippen LogP contribution in [-0.4, -0.2) is 10.7 Å². The number of fused-ring (bicyclic) bond motifs is 7. The molecule has 0 saturated carbocycles. The topological polar surface area (TPSA) is 78.6 Å². The lowest BCUT2D eigenvalue weighted by Gasteiger charge is -2.37. The molecular weight excluding hydrogens is 554 g/mol. The summed E-state index contributed by atoms with van der Waals surface area (Å²) in [4.78, 5) is 0. The van der Waals surface area contributed by atoms with E-state index >= 15 is 0 Å². The van der Waals surface area contributed by atoms with Gasteiger partial charge in [0.2, 0.25) is 0 Å². The second-order valence-electron chi connectivity index (χ2n) is 11.9. The van der Waals surface area contributed by atoms with Crippen molar-refractivity contribution < 1.29 is 10.1 Å². The fourth-order valence-electron chi connectivity index (χ4n) is 7.20. The number of nitrogens with two attached hydrogens (primary N) is 1. The van der Waals surface area contributed by atoms with Crippen LogP contribution < -0.4 is 20.7 Å². The van der Waals surface area contributed by atoms with Crippen LogP contribution in [0.25, 0.3) is 38.5 Å². The number of nitrogens with one attached hydrogen (secondary N) is 2. The number of nitriles is 1. The monoisotopic (exact) mass is 584 g/mol. The lowest BCUT2D eigenvalue weighted by Crippen LogP contribution is -2.95. The number of rotatable bonds is 4. The third-order valence-electron chi connectivity index (χ3n) is 9.30. The number of benzene rings is 5. The van der Waals surface area contributed by atoms with Gasteiger partial charge < -0.3 is 14.6 Å². The van der Waals surface area contributed by atoms with Crippen LogP contribution in [0.3, 0.4) is 0 Å². The summed E-state index contributed by atoms with van der Waals surface area (Å²) in [5, 5.41) is 22.1. The number of para-hydroxylation sites is 1. The Labute approximate surface area is 260 Å². The van der Waals surface area contributed by atoms with Crippen LogP contribution >= 0.6 is 0 Å². The van der Waals surface area contributed by atoms with E-state index in [-0.39, 0.29) is 24.7 Å². The average molecular weight is 585 g/mol. The second-order valence-corrected chi connectivity index (χ2v) is 11.9. The standard InChI is InChI=1S/C39H29N5O/c40-23-24-9-6-12-26(21-24)27-13-7-14-28(22-27)38-41-37(25-10-2-1-3-11-25)42-39(43-38)44-33-17-5-4-15-29(33)31-19-20-32-30-16-8-18-34(30)45-36(32)35(31)44/h1-22,34,37-39,41-43H/p+1. The third kappa shape index (κ3) is 4.21. The van der Waals surface area contributed by atoms with E-state index < -0.39 is 0 Å². The van der Waals surface area contributed by atoms with Crippen molar-refractivity contribution in [3.8, 4) is 22.9 Å². The van der Waals surface area contributed by atoms with Gasteiger partial charge >= 0.3 is 0 Å². The van der Waals surface area contributed by atoms with E-state index in [1.165, 1.54) is 21.9 Å². The van der Waals surface area contributed by atoms with Gasteiger partial charge in [-0.2, -0.15) is 5.26 Å². The Morgan fingerprint density at radius 3 is 2.36 bits per heavy atom. The number of quaternary nitrogens is 1. The maximum absolute atomic E-state index is 9.49. The lowest BCUT2D eigenvalue weighted by molar-refractivity contribution is -0.756. The van der Waals surface area contributed by atoms with Crippen molar-refractivity contribution in [2.45, 2.75) is 24.7 Å². The first-order valence-electron chi connectivity index (χ1n) is 15.4. The maximum Gasteiger partial charge on any atom is 0.170 e. The first-order chi connectivity index (χ1) is 22.2. The van der Waals surface area contributed by atoms with Crippen molar-refractivity contribution >= 4 is 27.4 Å². The molecule has 9 rings (SSSR count). The van der Waals surface area contributed by atoms with Crippen LogP contribution in [0.5, 0.6) is 5.75 Å². The molecule has 5 aromatic carbocycles. The van der Waals surface area contributed by atoms with Crippen molar-refractivity contribution in [2.75, 3.05) is 0 Å². The Balaban J connectivity index is 1.20. The van der Waals surface area contributed by atoms with Crippen LogP contribution in [0.1, 0.15) is 40.9 Å². The molecule has 4 unspecified atom stereocenters. The molecule has 1 saturated heterocycles. The number of hydrogen-bond donors (Lipinski definition) is 3. The van der Waals surface area contributed by atoms with Crippen LogP contribution in [0, 0.1) is 11.3 Å². The van der Waals surface area contributed by atoms with Gasteiger partial charge in [0.25, 0.3) is 0 Å². The molecule has 1 aliphatic carbocycles. The average Bonchev–Trinajstić information content (AvgIpc) is 3.80. The lowest BCUT2D eigenvalue weighted by atomic mass is 9.99. The summed E-state index contributed by atoms with van der Waals surface area (Å²) in [5.74, 6) is 0.939. The van der Waals surface area contributed by atoms with E-state index in [0.29, 0.717) is 5.56 Å². The molecule has 0 bridgehead atoms. The molecule has 0 spiro atoms. The zero-order valence-corrected chi connectivity index (χ0v) is 24.4. The minimum Gasteiger partial charge on any atom is -0.479 e. The van der Waals surface area contributed by atoms with Crippen molar-refractivity contribution in [1.29, 1.82) is 5.26 Å². The van der Waals surface area contributed by atoms with Gasteiger partial charge in [-0.25, -0.2) is 10.6 Å². The molecule has 3 heterocycles. The summed E-state index contributed by atoms with van der Waals surface area (Å²) in [6, 6.07) is 42.4. The van der Waals surface area contributed by atoms with E-state index in [2.05, 4.69) is 142 Å². The molecule has 0 amide bonds. The van der Waals surface area contributed by atoms with Crippen LogP contribution in [0.15, 0.2) is 133 Å². The minimum absolute atomic E-state index is 0.00747. The molecule has 6 aromatic rings. The SMILES string of the molecule is N#Cc1cccc(-c2cccc(C3NC(n4c5ccccc5c5ccc6c(c54)OC4C=CC=C64)NC(c4ccccc4)[NH2+]3)c2)c1. The van der Waals surface area contributed by atoms with Gasteiger partial charge in [0.1, 0.15) is 12.4 Å². The zero-order chi connectivity index (χ0) is 29.9. The van der Waals surface area contributed by atoms with E-state index in [0.717, 1.165) is 39.0 Å². The maximum atomic E-state index is 9.49. The Morgan fingerprint density at radius 1 is 0.733 bits per heavy atom. The quantitative estimate of drug-likeness (QED) is 0.217. The summed E-state index contributed by atoms with van der Waals surface area (Å²) in [6.07, 6.45) is 6.04. The highest BCUT2D eigenvalue weighted by molar-refractivity contribution is 6.12. The van der Waals surface area contributed by atoms with Crippen LogP contribution in [0.4, 0.5) is 0 Å². The highest BCUT2D eigenvalue weighted by Gasteiger charge is 2.37. The van der Waals surface area contributed by atoms with Crippen molar-refractivity contribution in [3.63, 3.8) is 0 Å². The van der Waals surface area contributed by atoms with Gasteiger partial charge in [0.15, 0.2) is 18.1 Å². The summed E-state index contributed by atoms with van der Waals surface area (Å²) >= 11 is 0. The Kier molecular flexibility index (Phi) is 5.97. The highest BCUT2D eigenvalue weighted by atomic mass is 16.5. The van der Waals surface area contributed by atoms with E-state index in [4.69, 9.17) is 4.74 Å². The van der Waals surface area contributed by atoms with E-state index in [1.807, 2.05) is 18.2 Å². The first kappa shape index (κ1) is 26.0. The normalized spacial score (nSPS) is 21.7. The van der Waals surface area contributed by atoms with E-state index in [9.17, 15) is 5.26 Å². The molecule has 216 valence electrons. The van der Waals surface area contributed by atoms with Gasteiger partial charge in [0, 0.05) is 33.0 Å². The largest absolute Gasteiger partial charge is 0.479 e. The molecule has 1 aromatic heterocycles. The second kappa shape index (κ2) is 10.3. The van der Waals surface area contributed by atoms with Gasteiger partial charge in [-0.3, -0.25) is 0 Å². The molecule has 1 fully saturated rings. The summed E-state index contributed by atoms with van der Waals surface area (Å²) in [6.45, 7) is 0. The molecule has 2 aliphatic heterocycles. The minimum atomic E-state index is -0.238. The molecule has 0 radical (unpaired) electrons. The van der Waals surface area contributed by atoms with Crippen molar-refractivity contribution in [3.05, 3.63) is 156 Å². The summed E-state index contributed by atoms with van der Waals surface area (Å²) in [5.41, 5.74) is 9.76. The van der Waals surface area contributed by atoms with Gasteiger partial charge in [-0.1, -0.05) is 103 Å². The number of aromatic nitrogens is 1. The first-order valence-corrected chi connectivity index (χ1v) is 15.4. The fourth-order valence-corrected chi connectivity index (χ4v) is 7.20. The van der Waals surface area contributed by atoms with Crippen molar-refractivity contribution in [1.82, 2.24) is 15.2 Å².